The summed E-state index contributed by atoms with van der Waals surface area (Å²) in [5, 5.41) is 0.0839. The van der Waals surface area contributed by atoms with Crippen LogP contribution in [0.2, 0.25) is 0 Å². The largest absolute Gasteiger partial charge is 0.476 e. The number of benzene rings is 4. The number of esters is 1. The van der Waals surface area contributed by atoms with E-state index in [1.165, 1.54) is 17.7 Å². The average molecular weight is 593 g/mol. The number of rotatable bonds is 11. The van der Waals surface area contributed by atoms with Crippen molar-refractivity contribution in [3.8, 4) is 16.9 Å². The topological polar surface area (TPSA) is 35.5 Å². The molecule has 0 aliphatic carbocycles. The van der Waals surface area contributed by atoms with Gasteiger partial charge in [0.2, 0.25) is 5.60 Å². The van der Waals surface area contributed by atoms with Gasteiger partial charge in [-0.25, -0.2) is 4.79 Å². The molecular formula is C35H35F3O3S. The summed E-state index contributed by atoms with van der Waals surface area (Å²) >= 11 is 1.73. The third-order valence-electron chi connectivity index (χ3n) is 7.23. The monoisotopic (exact) mass is 592 g/mol. The fraction of sp³-hybridized carbons (Fsp3) is 0.286. The molecule has 4 aromatic rings. The molecule has 2 unspecified atom stereocenters. The Morgan fingerprint density at radius 3 is 2.02 bits per heavy atom. The first kappa shape index (κ1) is 31.2. The van der Waals surface area contributed by atoms with Crippen LogP contribution in [-0.2, 0) is 22.1 Å². The summed E-state index contributed by atoms with van der Waals surface area (Å²) < 4.78 is 50.4. The van der Waals surface area contributed by atoms with Gasteiger partial charge in [0.15, 0.2) is 0 Å². The zero-order valence-corrected chi connectivity index (χ0v) is 25.0. The van der Waals surface area contributed by atoms with Crippen molar-refractivity contribution >= 4 is 17.7 Å². The number of thioether (sulfide) groups is 1. The molecular weight excluding hydrogens is 557 g/mol. The van der Waals surface area contributed by atoms with Crippen LogP contribution in [0.5, 0.6) is 5.75 Å². The zero-order chi connectivity index (χ0) is 30.3. The van der Waals surface area contributed by atoms with E-state index in [0.29, 0.717) is 18.8 Å². The maximum atomic E-state index is 13.0. The lowest BCUT2D eigenvalue weighted by Gasteiger charge is -2.28. The molecule has 0 bridgehead atoms. The molecule has 2 atom stereocenters. The highest BCUT2D eigenvalue weighted by Gasteiger charge is 2.36. The van der Waals surface area contributed by atoms with Gasteiger partial charge in [0, 0.05) is 10.1 Å². The molecule has 0 saturated carbocycles. The number of aryl methyl sites for hydroxylation is 1. The number of halogens is 3. The van der Waals surface area contributed by atoms with Crippen molar-refractivity contribution in [1.82, 2.24) is 0 Å². The average Bonchev–Trinajstić information content (AvgIpc) is 2.98. The van der Waals surface area contributed by atoms with E-state index < -0.39 is 17.3 Å². The van der Waals surface area contributed by atoms with E-state index in [4.69, 9.17) is 9.47 Å². The van der Waals surface area contributed by atoms with Gasteiger partial charge in [-0.3, -0.25) is 0 Å². The highest BCUT2D eigenvalue weighted by molar-refractivity contribution is 7.99. The van der Waals surface area contributed by atoms with Crippen molar-refractivity contribution in [2.45, 2.75) is 62.5 Å². The number of carbonyl (C=O) groups excluding carboxylic acids is 1. The number of ether oxygens (including phenoxy) is 2. The van der Waals surface area contributed by atoms with Crippen molar-refractivity contribution in [2.24, 2.45) is 0 Å². The van der Waals surface area contributed by atoms with E-state index in [0.717, 1.165) is 45.7 Å². The van der Waals surface area contributed by atoms with Crippen molar-refractivity contribution in [3.05, 3.63) is 119 Å². The second-order valence-corrected chi connectivity index (χ2v) is 11.6. The Morgan fingerprint density at radius 1 is 0.857 bits per heavy atom. The predicted molar refractivity (Wildman–Crippen MR) is 163 cm³/mol. The standard InChI is InChI=1S/C35H35F3O3S/c1-5-34(4,33(39)40-6-2)41-31-21-20-30(22-24(31)3)42-32(23-25-10-8-7-9-11-25)28-14-12-26(13-15-28)27-16-18-29(19-17-27)35(36,37)38/h7-22,32H,5-6,23H2,1-4H3. The highest BCUT2D eigenvalue weighted by Crippen LogP contribution is 2.40. The quantitative estimate of drug-likeness (QED) is 0.128. The molecule has 42 heavy (non-hydrogen) atoms. The van der Waals surface area contributed by atoms with E-state index in [1.54, 1.807) is 25.6 Å². The highest BCUT2D eigenvalue weighted by atomic mass is 32.2. The molecule has 0 aliphatic heterocycles. The first-order valence-corrected chi connectivity index (χ1v) is 14.9. The number of hydrogen-bond acceptors (Lipinski definition) is 4. The van der Waals surface area contributed by atoms with E-state index in [-0.39, 0.29) is 11.2 Å². The molecule has 220 valence electrons. The summed E-state index contributed by atoms with van der Waals surface area (Å²) in [6, 6.07) is 29.5. The lowest BCUT2D eigenvalue weighted by atomic mass is 9.99. The first-order valence-electron chi connectivity index (χ1n) is 14.0. The van der Waals surface area contributed by atoms with Gasteiger partial charge in [0.05, 0.1) is 12.2 Å². The number of carbonyl (C=O) groups is 1. The minimum atomic E-state index is -4.36. The molecule has 0 amide bonds. The minimum Gasteiger partial charge on any atom is -0.476 e. The summed E-state index contributed by atoms with van der Waals surface area (Å²) in [6.45, 7) is 7.68. The molecule has 0 fully saturated rings. The maximum Gasteiger partial charge on any atom is 0.416 e. The number of hydrogen-bond donors (Lipinski definition) is 0. The summed E-state index contributed by atoms with van der Waals surface area (Å²) in [5.41, 5.74) is 3.09. The molecule has 4 aromatic carbocycles. The van der Waals surface area contributed by atoms with Crippen LogP contribution in [0, 0.1) is 6.92 Å². The molecule has 3 nitrogen and oxygen atoms in total. The molecule has 0 saturated heterocycles. The SMILES string of the molecule is CCOC(=O)C(C)(CC)Oc1ccc(SC(Cc2ccccc2)c2ccc(-c3ccc(C(F)(F)F)cc3)cc2)cc1C. The first-order chi connectivity index (χ1) is 20.0. The predicted octanol–water partition coefficient (Wildman–Crippen LogP) is 9.87. The lowest BCUT2D eigenvalue weighted by Crippen LogP contribution is -2.42. The van der Waals surface area contributed by atoms with Gasteiger partial charge < -0.3 is 9.47 Å². The minimum absolute atomic E-state index is 0.0839. The van der Waals surface area contributed by atoms with Crippen LogP contribution >= 0.6 is 11.8 Å². The Bertz CT molecular complexity index is 1470. The van der Waals surface area contributed by atoms with Crippen LogP contribution in [0.15, 0.2) is 102 Å². The third kappa shape index (κ3) is 7.77. The lowest BCUT2D eigenvalue weighted by molar-refractivity contribution is -0.160. The molecule has 0 radical (unpaired) electrons. The molecule has 0 aliphatic rings. The third-order valence-corrected chi connectivity index (χ3v) is 8.48. The fourth-order valence-electron chi connectivity index (χ4n) is 4.56. The van der Waals surface area contributed by atoms with Gasteiger partial charge in [-0.15, -0.1) is 11.8 Å². The van der Waals surface area contributed by atoms with Crippen molar-refractivity contribution in [2.75, 3.05) is 6.61 Å². The molecule has 0 N–H and O–H groups in total. The van der Waals surface area contributed by atoms with E-state index in [2.05, 4.69) is 18.2 Å². The summed E-state index contributed by atoms with van der Waals surface area (Å²) in [7, 11) is 0. The van der Waals surface area contributed by atoms with Gasteiger partial charge in [-0.2, -0.15) is 13.2 Å². The summed E-state index contributed by atoms with van der Waals surface area (Å²) in [4.78, 5) is 13.6. The van der Waals surface area contributed by atoms with Gasteiger partial charge in [-0.1, -0.05) is 73.7 Å². The van der Waals surface area contributed by atoms with Crippen LogP contribution in [0.4, 0.5) is 13.2 Å². The Kier molecular flexibility index (Phi) is 10.0. The van der Waals surface area contributed by atoms with Crippen LogP contribution < -0.4 is 4.74 Å². The van der Waals surface area contributed by atoms with Gasteiger partial charge in [0.25, 0.3) is 0 Å². The van der Waals surface area contributed by atoms with Gasteiger partial charge >= 0.3 is 12.1 Å². The normalized spacial score (nSPS) is 13.7. The van der Waals surface area contributed by atoms with Crippen molar-refractivity contribution in [1.29, 1.82) is 0 Å². The Labute approximate surface area is 250 Å². The van der Waals surface area contributed by atoms with Gasteiger partial charge in [0.1, 0.15) is 5.75 Å². The Hall–Kier alpha value is -3.71. The van der Waals surface area contributed by atoms with Crippen LogP contribution in [0.25, 0.3) is 11.1 Å². The molecule has 0 aromatic heterocycles. The van der Waals surface area contributed by atoms with E-state index >= 15 is 0 Å². The summed E-state index contributed by atoms with van der Waals surface area (Å²) in [6.07, 6.45) is -3.09. The number of alkyl halides is 3. The van der Waals surface area contributed by atoms with Crippen molar-refractivity contribution in [3.63, 3.8) is 0 Å². The molecule has 0 spiro atoms. The second kappa shape index (κ2) is 13.5. The van der Waals surface area contributed by atoms with Crippen molar-refractivity contribution < 1.29 is 27.4 Å². The van der Waals surface area contributed by atoms with E-state index in [1.807, 2.05) is 68.4 Å². The van der Waals surface area contributed by atoms with E-state index in [9.17, 15) is 18.0 Å². The molecule has 7 heteroatoms. The second-order valence-electron chi connectivity index (χ2n) is 10.3. The van der Waals surface area contributed by atoms with Gasteiger partial charge in [-0.05, 0) is 91.8 Å². The van der Waals surface area contributed by atoms with Crippen LogP contribution in [-0.4, -0.2) is 18.2 Å². The summed E-state index contributed by atoms with van der Waals surface area (Å²) in [5.74, 6) is 0.255. The maximum absolute atomic E-state index is 13.0. The van der Waals surface area contributed by atoms with Crippen LogP contribution in [0.3, 0.4) is 0 Å². The molecule has 0 heterocycles. The Morgan fingerprint density at radius 2 is 1.48 bits per heavy atom. The smallest absolute Gasteiger partial charge is 0.416 e. The zero-order valence-electron chi connectivity index (χ0n) is 24.2. The molecule has 4 rings (SSSR count). The van der Waals surface area contributed by atoms with Crippen LogP contribution in [0.1, 0.15) is 54.7 Å². The fourth-order valence-corrected chi connectivity index (χ4v) is 5.85. The Balaban J connectivity index is 1.57.